The largest absolute Gasteiger partial charge is 0.467 e. The van der Waals surface area contributed by atoms with Gasteiger partial charge >= 0.3 is 5.97 Å². The molecule has 2 atom stereocenters. The molecule has 0 spiro atoms. The predicted octanol–water partition coefficient (Wildman–Crippen LogP) is 9.04. The Morgan fingerprint density at radius 1 is 0.646 bits per heavy atom. The van der Waals surface area contributed by atoms with Crippen molar-refractivity contribution < 1.29 is 23.8 Å². The van der Waals surface area contributed by atoms with Crippen LogP contribution in [0.2, 0.25) is 0 Å². The maximum Gasteiger partial charge on any atom is 0.328 e. The highest BCUT2D eigenvalue weighted by Crippen LogP contribution is 2.43. The Labute approximate surface area is 378 Å². The number of esters is 1. The zero-order chi connectivity index (χ0) is 44.6. The van der Waals surface area contributed by atoms with Crippen molar-refractivity contribution in [1.29, 1.82) is 0 Å². The van der Waals surface area contributed by atoms with E-state index in [2.05, 4.69) is 83.3 Å². The van der Waals surface area contributed by atoms with Crippen LogP contribution in [0.3, 0.4) is 0 Å². The lowest BCUT2D eigenvalue weighted by Gasteiger charge is -2.36. The zero-order valence-corrected chi connectivity index (χ0v) is 36.2. The second-order valence-electron chi connectivity index (χ2n) is 15.9. The Bertz CT molecular complexity index is 2760. The van der Waals surface area contributed by atoms with Crippen molar-refractivity contribution in [3.05, 3.63) is 216 Å². The van der Waals surface area contributed by atoms with Crippen LogP contribution in [0.4, 0.5) is 0 Å². The van der Waals surface area contributed by atoms with Gasteiger partial charge in [0.25, 0.3) is 5.91 Å². The monoisotopic (exact) mass is 860 g/mol. The van der Waals surface area contributed by atoms with Crippen LogP contribution in [0.25, 0.3) is 33.6 Å². The van der Waals surface area contributed by atoms with Crippen molar-refractivity contribution in [2.45, 2.75) is 30.6 Å². The second kappa shape index (κ2) is 19.3. The number of ether oxygens (including phenoxy) is 3. The molecule has 0 bridgehead atoms. The lowest BCUT2D eigenvalue weighted by molar-refractivity contribution is -0.145. The number of aromatic nitrogens is 4. The molecular weight excluding hydrogens is 813 g/mol. The summed E-state index contributed by atoms with van der Waals surface area (Å²) in [5.41, 5.74) is 8.35. The van der Waals surface area contributed by atoms with Crippen molar-refractivity contribution in [2.75, 3.05) is 27.6 Å². The molecule has 7 aromatic carbocycles. The van der Waals surface area contributed by atoms with Crippen molar-refractivity contribution in [3.63, 3.8) is 0 Å². The van der Waals surface area contributed by atoms with Gasteiger partial charge in [0.2, 0.25) is 0 Å². The average molecular weight is 861 g/mol. The molecule has 0 radical (unpaired) electrons. The topological polar surface area (TPSA) is 121 Å². The number of benzene rings is 7. The first-order valence-electron chi connectivity index (χ1n) is 21.6. The number of rotatable bonds is 15. The third-order valence-electron chi connectivity index (χ3n) is 12.1. The van der Waals surface area contributed by atoms with E-state index in [4.69, 9.17) is 24.5 Å². The van der Waals surface area contributed by atoms with Crippen LogP contribution >= 0.6 is 0 Å². The Balaban J connectivity index is 0.945. The second-order valence-corrected chi connectivity index (χ2v) is 15.9. The summed E-state index contributed by atoms with van der Waals surface area (Å²) in [4.78, 5) is 28.6. The quantitative estimate of drug-likeness (QED) is 0.0612. The van der Waals surface area contributed by atoms with Crippen LogP contribution in [-0.4, -0.2) is 76.6 Å². The first-order valence-corrected chi connectivity index (χ1v) is 21.6. The van der Waals surface area contributed by atoms with E-state index in [0.29, 0.717) is 36.6 Å². The Morgan fingerprint density at radius 3 is 1.78 bits per heavy atom. The maximum absolute atomic E-state index is 14.0. The summed E-state index contributed by atoms with van der Waals surface area (Å²) in [6.45, 7) is 1.01. The highest BCUT2D eigenvalue weighted by atomic mass is 16.7. The minimum absolute atomic E-state index is 0.123. The molecule has 1 saturated heterocycles. The van der Waals surface area contributed by atoms with Gasteiger partial charge in [-0.2, -0.15) is 0 Å². The number of hydrogen-bond acceptors (Lipinski definition) is 9. The smallest absolute Gasteiger partial charge is 0.328 e. The highest BCUT2D eigenvalue weighted by molar-refractivity contribution is 5.97. The van der Waals surface area contributed by atoms with Gasteiger partial charge in [0.15, 0.2) is 12.6 Å². The summed E-state index contributed by atoms with van der Waals surface area (Å²) in [5, 5.41) is 17.4. The van der Waals surface area contributed by atoms with Crippen LogP contribution in [0, 0.1) is 0 Å². The molecule has 11 heteroatoms. The molecule has 65 heavy (non-hydrogen) atoms. The van der Waals surface area contributed by atoms with Crippen LogP contribution in [0.15, 0.2) is 188 Å². The summed E-state index contributed by atoms with van der Waals surface area (Å²) < 4.78 is 18.0. The fourth-order valence-corrected chi connectivity index (χ4v) is 8.96. The maximum atomic E-state index is 14.0. The molecule has 1 aliphatic heterocycles. The van der Waals surface area contributed by atoms with E-state index in [1.165, 1.54) is 7.11 Å². The van der Waals surface area contributed by atoms with Crippen molar-refractivity contribution in [3.8, 4) is 39.4 Å². The summed E-state index contributed by atoms with van der Waals surface area (Å²) in [6, 6.07) is 61.9. The normalized spacial score (nSPS) is 14.8. The summed E-state index contributed by atoms with van der Waals surface area (Å²) in [7, 11) is 2.93. The lowest BCUT2D eigenvalue weighted by Crippen LogP contribution is -2.41. The fraction of sp³-hybridized carbons (Fsp3) is 0.167. The van der Waals surface area contributed by atoms with E-state index >= 15 is 0 Å². The third-order valence-corrected chi connectivity index (χ3v) is 12.1. The molecule has 0 saturated carbocycles. The molecule has 1 aromatic heterocycles. The van der Waals surface area contributed by atoms with E-state index in [0.717, 1.165) is 50.1 Å². The number of carbonyl (C=O) groups excluding carboxylic acids is 2. The first-order chi connectivity index (χ1) is 32.0. The molecule has 324 valence electrons. The SMILES string of the molecule is COCOc1ccccc1-c1ccc(C(=O)N2C[C@@H](NCc3ccc(-c4ccccc4-c4nnnn4C(c4ccccc4)(c4ccccc4)c4ccccc4)cc3)C[C@H]2C(=O)OC)cc1. The number of carbonyl (C=O) groups is 2. The van der Waals surface area contributed by atoms with Crippen LogP contribution in [0.5, 0.6) is 5.75 Å². The number of likely N-dealkylation sites (tertiary alicyclic amines) is 1. The first kappa shape index (κ1) is 42.6. The number of nitrogens with zero attached hydrogens (tertiary/aromatic N) is 5. The average Bonchev–Trinajstić information content (AvgIpc) is 4.05. The van der Waals surface area contributed by atoms with Gasteiger partial charge < -0.3 is 24.4 Å². The molecule has 0 aliphatic carbocycles. The number of amides is 1. The molecule has 9 rings (SSSR count). The van der Waals surface area contributed by atoms with E-state index in [9.17, 15) is 9.59 Å². The zero-order valence-electron chi connectivity index (χ0n) is 36.2. The molecule has 1 amide bonds. The van der Waals surface area contributed by atoms with Gasteiger partial charge in [0, 0.05) is 42.9 Å². The lowest BCUT2D eigenvalue weighted by atomic mass is 9.77. The van der Waals surface area contributed by atoms with Crippen molar-refractivity contribution >= 4 is 11.9 Å². The minimum atomic E-state index is -0.893. The van der Waals surface area contributed by atoms with Gasteiger partial charge in [-0.05, 0) is 74.0 Å². The number of hydrogen-bond donors (Lipinski definition) is 1. The molecule has 11 nitrogen and oxygen atoms in total. The molecular formula is C54H48N6O5. The molecule has 1 aliphatic rings. The Morgan fingerprint density at radius 2 is 1.18 bits per heavy atom. The number of methoxy groups -OCH3 is 2. The molecule has 0 unspecified atom stereocenters. The summed E-state index contributed by atoms with van der Waals surface area (Å²) in [5.74, 6) is 0.630. The molecule has 2 heterocycles. The fourth-order valence-electron chi connectivity index (χ4n) is 8.96. The van der Waals surface area contributed by atoms with Gasteiger partial charge in [-0.1, -0.05) is 170 Å². The van der Waals surface area contributed by atoms with E-state index in [1.54, 1.807) is 24.1 Å². The van der Waals surface area contributed by atoms with Gasteiger partial charge in [0.05, 0.1) is 7.11 Å². The Hall–Kier alpha value is -7.73. The van der Waals surface area contributed by atoms with Gasteiger partial charge in [0.1, 0.15) is 17.3 Å². The van der Waals surface area contributed by atoms with Crippen LogP contribution < -0.4 is 10.1 Å². The van der Waals surface area contributed by atoms with E-state index < -0.39 is 17.6 Å². The molecule has 1 N–H and O–H groups in total. The number of tetrazole rings is 1. The number of nitrogens with one attached hydrogen (secondary N) is 1. The van der Waals surface area contributed by atoms with Crippen LogP contribution in [0.1, 0.15) is 39.0 Å². The highest BCUT2D eigenvalue weighted by Gasteiger charge is 2.43. The van der Waals surface area contributed by atoms with Gasteiger partial charge in [-0.3, -0.25) is 4.79 Å². The molecule has 1 fully saturated rings. The molecule has 8 aromatic rings. The standard InChI is InChI=1S/C54H48N6O5/c1-63-37-65-50-25-15-14-23-47(50)40-30-32-41(33-31-40)52(61)59-36-45(34-49(59)53(62)64-2)55-35-38-26-28-39(29-27-38)46-22-12-13-24-48(46)51-56-57-58-60(51)54(42-16-6-3-7-17-42,43-18-8-4-9-19-43)44-20-10-5-11-21-44/h3-33,45,49,55H,34-37H2,1-2H3/t45-,49-/m0/s1. The summed E-state index contributed by atoms with van der Waals surface area (Å²) >= 11 is 0. The van der Waals surface area contributed by atoms with Gasteiger partial charge in [-0.25, -0.2) is 9.48 Å². The van der Waals surface area contributed by atoms with Gasteiger partial charge in [-0.15, -0.1) is 5.10 Å². The Kier molecular flexibility index (Phi) is 12.7. The van der Waals surface area contributed by atoms with Crippen LogP contribution in [-0.2, 0) is 26.4 Å². The third kappa shape index (κ3) is 8.54. The minimum Gasteiger partial charge on any atom is -0.467 e. The predicted molar refractivity (Wildman–Crippen MR) is 250 cm³/mol. The van der Waals surface area contributed by atoms with Crippen molar-refractivity contribution in [1.82, 2.24) is 30.4 Å². The number of para-hydroxylation sites is 1. The van der Waals surface area contributed by atoms with E-state index in [-0.39, 0.29) is 18.7 Å². The summed E-state index contributed by atoms with van der Waals surface area (Å²) in [6.07, 6.45) is 0.428. The van der Waals surface area contributed by atoms with E-state index in [1.807, 2.05) is 108 Å². The van der Waals surface area contributed by atoms with Crippen molar-refractivity contribution in [2.24, 2.45) is 0 Å².